The average Bonchev–Trinajstić information content (AvgIpc) is 2.68. The molecule has 0 radical (unpaired) electrons. The first-order valence-corrected chi connectivity index (χ1v) is 8.85. The van der Waals surface area contributed by atoms with E-state index in [1.807, 2.05) is 19.9 Å². The van der Waals surface area contributed by atoms with Gasteiger partial charge in [0.2, 0.25) is 5.95 Å². The Morgan fingerprint density at radius 3 is 2.52 bits per heavy atom. The molecule has 0 spiro atoms. The first kappa shape index (κ1) is 17.3. The number of pyridine rings is 1. The van der Waals surface area contributed by atoms with E-state index in [4.69, 9.17) is 20.2 Å². The Hall–Kier alpha value is -3.07. The highest BCUT2D eigenvalue weighted by molar-refractivity contribution is 5.88. The van der Waals surface area contributed by atoms with Gasteiger partial charge in [0.25, 0.3) is 0 Å². The van der Waals surface area contributed by atoms with Crippen LogP contribution < -0.4 is 15.4 Å². The minimum absolute atomic E-state index is 0.0507. The van der Waals surface area contributed by atoms with Crippen molar-refractivity contribution in [3.8, 4) is 17.1 Å². The Balaban J connectivity index is 1.85. The maximum atomic E-state index is 5.77. The predicted molar refractivity (Wildman–Crippen MR) is 102 cm³/mol. The Kier molecular flexibility index (Phi) is 4.68. The first-order valence-electron chi connectivity index (χ1n) is 8.85. The SMILES string of the molecule is CC(C)Oc1cnc2c(N3CCOCC3)nc(-c3cnc(N)nc3)nc2c1. The van der Waals surface area contributed by atoms with Gasteiger partial charge < -0.3 is 20.1 Å². The van der Waals surface area contributed by atoms with Crippen LogP contribution in [0, 0.1) is 0 Å². The third-order valence-electron chi connectivity index (χ3n) is 4.10. The molecule has 1 aliphatic heterocycles. The standard InChI is InChI=1S/C18H21N7O2/c1-11(2)27-13-7-14-15(20-10-13)17(25-3-5-26-6-4-25)24-16(23-14)12-8-21-18(19)22-9-12/h7-11H,3-6H2,1-2H3,(H2,19,21,22). The lowest BCUT2D eigenvalue weighted by Crippen LogP contribution is -2.37. The molecule has 0 aliphatic carbocycles. The fourth-order valence-corrected chi connectivity index (χ4v) is 2.90. The predicted octanol–water partition coefficient (Wildman–Crippen LogP) is 1.69. The average molecular weight is 367 g/mol. The van der Waals surface area contributed by atoms with Gasteiger partial charge in [-0.2, -0.15) is 0 Å². The van der Waals surface area contributed by atoms with Gasteiger partial charge in [0, 0.05) is 31.5 Å². The monoisotopic (exact) mass is 367 g/mol. The number of hydrogen-bond acceptors (Lipinski definition) is 9. The summed E-state index contributed by atoms with van der Waals surface area (Å²) >= 11 is 0. The van der Waals surface area contributed by atoms with Crippen LogP contribution >= 0.6 is 0 Å². The van der Waals surface area contributed by atoms with Gasteiger partial charge in [-0.25, -0.2) is 24.9 Å². The summed E-state index contributed by atoms with van der Waals surface area (Å²) in [7, 11) is 0. The Labute approximate surface area is 156 Å². The van der Waals surface area contributed by atoms with Gasteiger partial charge in [0.05, 0.1) is 36.6 Å². The number of anilines is 2. The molecule has 140 valence electrons. The molecule has 0 bridgehead atoms. The number of nitrogen functional groups attached to an aromatic ring is 1. The van der Waals surface area contributed by atoms with Crippen molar-refractivity contribution in [1.82, 2.24) is 24.9 Å². The molecule has 1 aliphatic rings. The summed E-state index contributed by atoms with van der Waals surface area (Å²) in [5, 5.41) is 0. The van der Waals surface area contributed by atoms with E-state index < -0.39 is 0 Å². The normalized spacial score (nSPS) is 14.7. The van der Waals surface area contributed by atoms with E-state index in [0.717, 1.165) is 24.4 Å². The van der Waals surface area contributed by atoms with Crippen molar-refractivity contribution in [2.24, 2.45) is 0 Å². The van der Waals surface area contributed by atoms with Crippen LogP contribution in [0.2, 0.25) is 0 Å². The van der Waals surface area contributed by atoms with E-state index in [1.165, 1.54) is 0 Å². The third-order valence-corrected chi connectivity index (χ3v) is 4.10. The molecule has 0 saturated carbocycles. The Morgan fingerprint density at radius 2 is 1.81 bits per heavy atom. The molecule has 0 atom stereocenters. The molecule has 1 saturated heterocycles. The largest absolute Gasteiger partial charge is 0.489 e. The molecule has 3 aromatic rings. The van der Waals surface area contributed by atoms with Crippen molar-refractivity contribution in [3.05, 3.63) is 24.7 Å². The molecule has 0 unspecified atom stereocenters. The van der Waals surface area contributed by atoms with Gasteiger partial charge in [-0.15, -0.1) is 0 Å². The van der Waals surface area contributed by atoms with Crippen LogP contribution in [0.1, 0.15) is 13.8 Å². The summed E-state index contributed by atoms with van der Waals surface area (Å²) in [5.41, 5.74) is 7.72. The molecule has 9 heteroatoms. The molecular formula is C18H21N7O2. The van der Waals surface area contributed by atoms with Gasteiger partial charge in [-0.3, -0.25) is 0 Å². The number of hydrogen-bond donors (Lipinski definition) is 1. The second kappa shape index (κ2) is 7.28. The van der Waals surface area contributed by atoms with E-state index in [-0.39, 0.29) is 12.1 Å². The fraction of sp³-hybridized carbons (Fsp3) is 0.389. The molecular weight excluding hydrogens is 346 g/mol. The van der Waals surface area contributed by atoms with Crippen molar-refractivity contribution in [3.63, 3.8) is 0 Å². The summed E-state index contributed by atoms with van der Waals surface area (Å²) in [6.45, 7) is 6.74. The second-order valence-electron chi connectivity index (χ2n) is 6.51. The molecule has 4 heterocycles. The molecule has 3 aromatic heterocycles. The van der Waals surface area contributed by atoms with Crippen LogP contribution in [0.15, 0.2) is 24.7 Å². The number of fused-ring (bicyclic) bond motifs is 1. The van der Waals surface area contributed by atoms with Crippen LogP contribution in [0.25, 0.3) is 22.4 Å². The molecule has 2 N–H and O–H groups in total. The smallest absolute Gasteiger partial charge is 0.219 e. The lowest BCUT2D eigenvalue weighted by Gasteiger charge is -2.28. The van der Waals surface area contributed by atoms with Gasteiger partial charge in [0.1, 0.15) is 11.3 Å². The summed E-state index contributed by atoms with van der Waals surface area (Å²) in [6, 6.07) is 1.88. The van der Waals surface area contributed by atoms with Gasteiger partial charge in [0.15, 0.2) is 11.6 Å². The number of aromatic nitrogens is 5. The van der Waals surface area contributed by atoms with Crippen molar-refractivity contribution in [2.75, 3.05) is 36.9 Å². The highest BCUT2D eigenvalue weighted by Crippen LogP contribution is 2.28. The maximum absolute atomic E-state index is 5.77. The molecule has 1 fully saturated rings. The van der Waals surface area contributed by atoms with Crippen molar-refractivity contribution >= 4 is 22.8 Å². The molecule has 27 heavy (non-hydrogen) atoms. The Bertz CT molecular complexity index is 940. The maximum Gasteiger partial charge on any atom is 0.219 e. The quantitative estimate of drug-likeness (QED) is 0.736. The zero-order valence-corrected chi connectivity index (χ0v) is 15.3. The highest BCUT2D eigenvalue weighted by atomic mass is 16.5. The van der Waals surface area contributed by atoms with Crippen LogP contribution in [0.5, 0.6) is 5.75 Å². The zero-order valence-electron chi connectivity index (χ0n) is 15.3. The number of morpholine rings is 1. The Morgan fingerprint density at radius 1 is 1.07 bits per heavy atom. The van der Waals surface area contributed by atoms with Gasteiger partial charge >= 0.3 is 0 Å². The lowest BCUT2D eigenvalue weighted by atomic mass is 10.2. The van der Waals surface area contributed by atoms with Crippen molar-refractivity contribution < 1.29 is 9.47 Å². The third kappa shape index (κ3) is 3.72. The van der Waals surface area contributed by atoms with E-state index in [2.05, 4.69) is 24.8 Å². The number of rotatable bonds is 4. The highest BCUT2D eigenvalue weighted by Gasteiger charge is 2.20. The number of nitrogens with two attached hydrogens (primary N) is 1. The van der Waals surface area contributed by atoms with E-state index in [1.54, 1.807) is 18.6 Å². The topological polar surface area (TPSA) is 112 Å². The van der Waals surface area contributed by atoms with E-state index >= 15 is 0 Å². The van der Waals surface area contributed by atoms with Gasteiger partial charge in [-0.05, 0) is 13.8 Å². The van der Waals surface area contributed by atoms with Crippen LogP contribution in [0.3, 0.4) is 0 Å². The lowest BCUT2D eigenvalue weighted by molar-refractivity contribution is 0.122. The molecule has 0 aromatic carbocycles. The summed E-state index contributed by atoms with van der Waals surface area (Å²) in [5.74, 6) is 2.17. The summed E-state index contributed by atoms with van der Waals surface area (Å²) in [6.07, 6.45) is 5.00. The van der Waals surface area contributed by atoms with Crippen LogP contribution in [-0.2, 0) is 4.74 Å². The fourth-order valence-electron chi connectivity index (χ4n) is 2.90. The van der Waals surface area contributed by atoms with Gasteiger partial charge in [-0.1, -0.05) is 0 Å². The summed E-state index contributed by atoms with van der Waals surface area (Å²) < 4.78 is 11.2. The van der Waals surface area contributed by atoms with E-state index in [9.17, 15) is 0 Å². The van der Waals surface area contributed by atoms with Crippen molar-refractivity contribution in [1.29, 1.82) is 0 Å². The summed E-state index contributed by atoms with van der Waals surface area (Å²) in [4.78, 5) is 24.2. The molecule has 0 amide bonds. The van der Waals surface area contributed by atoms with Crippen LogP contribution in [-0.4, -0.2) is 57.3 Å². The number of nitrogens with zero attached hydrogens (tertiary/aromatic N) is 6. The second-order valence-corrected chi connectivity index (χ2v) is 6.51. The van der Waals surface area contributed by atoms with E-state index in [0.29, 0.717) is 35.9 Å². The molecule has 4 rings (SSSR count). The first-order chi connectivity index (χ1) is 13.1. The minimum Gasteiger partial charge on any atom is -0.489 e. The minimum atomic E-state index is 0.0507. The van der Waals surface area contributed by atoms with Crippen molar-refractivity contribution in [2.45, 2.75) is 20.0 Å². The molecule has 9 nitrogen and oxygen atoms in total. The van der Waals surface area contributed by atoms with Crippen LogP contribution in [0.4, 0.5) is 11.8 Å². The number of ether oxygens (including phenoxy) is 2. The zero-order chi connectivity index (χ0) is 18.8.